The van der Waals surface area contributed by atoms with Gasteiger partial charge in [0, 0.05) is 46.2 Å². The van der Waals surface area contributed by atoms with E-state index >= 15 is 0 Å². The first-order valence-electron chi connectivity index (χ1n) is 6.29. The van der Waals surface area contributed by atoms with Gasteiger partial charge < -0.3 is 18.2 Å². The maximum absolute atomic E-state index is 5.36. The third-order valence-corrected chi connectivity index (χ3v) is 5.71. The molecule has 0 bridgehead atoms. The lowest BCUT2D eigenvalue weighted by Gasteiger charge is -2.23. The second-order valence-corrected chi connectivity index (χ2v) is 7.66. The van der Waals surface area contributed by atoms with Crippen LogP contribution in [-0.4, -0.2) is 67.9 Å². The molecule has 0 aromatic rings. The number of hydrogen-bond donors (Lipinski definition) is 0. The Labute approximate surface area is 113 Å². The minimum Gasteiger partial charge on any atom is -0.377 e. The highest BCUT2D eigenvalue weighted by atomic mass is 28.4. The molecule has 0 amide bonds. The van der Waals surface area contributed by atoms with Gasteiger partial charge in [-0.05, 0) is 33.9 Å². The van der Waals surface area contributed by atoms with Crippen LogP contribution in [0.2, 0.25) is 6.04 Å². The van der Waals surface area contributed by atoms with E-state index in [1.165, 1.54) is 5.71 Å². The van der Waals surface area contributed by atoms with Gasteiger partial charge in [0.15, 0.2) is 0 Å². The van der Waals surface area contributed by atoms with Gasteiger partial charge in [0.05, 0.1) is 0 Å². The van der Waals surface area contributed by atoms with E-state index in [-0.39, 0.29) is 0 Å². The fourth-order valence-corrected chi connectivity index (χ4v) is 3.29. The molecule has 5 nitrogen and oxygen atoms in total. The molecule has 0 aliphatic heterocycles. The van der Waals surface area contributed by atoms with Crippen molar-refractivity contribution in [3.63, 3.8) is 0 Å². The van der Waals surface area contributed by atoms with Crippen molar-refractivity contribution < 1.29 is 13.3 Å². The van der Waals surface area contributed by atoms with E-state index in [1.54, 1.807) is 21.3 Å². The smallest absolute Gasteiger partial charge is 0.377 e. The monoisotopic (exact) mass is 276 g/mol. The van der Waals surface area contributed by atoms with E-state index < -0.39 is 8.80 Å². The molecule has 108 valence electrons. The third-order valence-electron chi connectivity index (χ3n) is 2.88. The SMILES string of the molecule is CO[Si](CCCN=C(C)CCN(C)C)(OC)OC. The number of hydrogen-bond acceptors (Lipinski definition) is 5. The molecule has 6 heteroatoms. The van der Waals surface area contributed by atoms with Gasteiger partial charge >= 0.3 is 8.80 Å². The van der Waals surface area contributed by atoms with Crippen LogP contribution in [0, 0.1) is 0 Å². The van der Waals surface area contributed by atoms with Gasteiger partial charge in [-0.25, -0.2) is 0 Å². The summed E-state index contributed by atoms with van der Waals surface area (Å²) in [6, 6.07) is 0.807. The van der Waals surface area contributed by atoms with Crippen LogP contribution in [0.5, 0.6) is 0 Å². The van der Waals surface area contributed by atoms with Crippen molar-refractivity contribution >= 4 is 14.5 Å². The molecule has 0 rings (SSSR count). The molecule has 0 aromatic heterocycles. The zero-order valence-electron chi connectivity index (χ0n) is 12.7. The maximum Gasteiger partial charge on any atom is 0.500 e. The summed E-state index contributed by atoms with van der Waals surface area (Å²) >= 11 is 0. The van der Waals surface area contributed by atoms with Gasteiger partial charge in [0.2, 0.25) is 0 Å². The Morgan fingerprint density at radius 1 is 1.11 bits per heavy atom. The first kappa shape index (κ1) is 17.7. The van der Waals surface area contributed by atoms with E-state index in [9.17, 15) is 0 Å². The van der Waals surface area contributed by atoms with Crippen LogP contribution < -0.4 is 0 Å². The van der Waals surface area contributed by atoms with Gasteiger partial charge in [-0.1, -0.05) is 0 Å². The van der Waals surface area contributed by atoms with E-state index in [0.29, 0.717) is 0 Å². The van der Waals surface area contributed by atoms with E-state index in [4.69, 9.17) is 13.3 Å². The topological polar surface area (TPSA) is 43.3 Å². The lowest BCUT2D eigenvalue weighted by molar-refractivity contribution is 0.123. The normalized spacial score (nSPS) is 13.4. The van der Waals surface area contributed by atoms with Crippen LogP contribution in [0.15, 0.2) is 4.99 Å². The van der Waals surface area contributed by atoms with Crippen LogP contribution in [-0.2, 0) is 13.3 Å². The minimum atomic E-state index is -2.40. The van der Waals surface area contributed by atoms with Crippen LogP contribution >= 0.6 is 0 Å². The van der Waals surface area contributed by atoms with Gasteiger partial charge in [-0.15, -0.1) is 0 Å². The average molecular weight is 276 g/mol. The minimum absolute atomic E-state index is 0.807. The van der Waals surface area contributed by atoms with Crippen molar-refractivity contribution in [2.24, 2.45) is 4.99 Å². The predicted molar refractivity (Wildman–Crippen MR) is 77.4 cm³/mol. The number of rotatable bonds is 10. The van der Waals surface area contributed by atoms with Gasteiger partial charge in [-0.2, -0.15) is 0 Å². The van der Waals surface area contributed by atoms with Crippen LogP contribution in [0.1, 0.15) is 19.8 Å². The van der Waals surface area contributed by atoms with E-state index in [2.05, 4.69) is 30.9 Å². The zero-order chi connectivity index (χ0) is 14.0. The van der Waals surface area contributed by atoms with Crippen LogP contribution in [0.25, 0.3) is 0 Å². The molecule has 0 fully saturated rings. The molecule has 18 heavy (non-hydrogen) atoms. The summed E-state index contributed by atoms with van der Waals surface area (Å²) in [6.07, 6.45) is 1.95. The van der Waals surface area contributed by atoms with Crippen molar-refractivity contribution in [1.82, 2.24) is 4.90 Å². The molecular weight excluding hydrogens is 248 g/mol. The Balaban J connectivity index is 3.92. The Bertz CT molecular complexity index is 235. The standard InChI is InChI=1S/C12H28N2O3Si/c1-12(8-10-14(2)3)13-9-7-11-18(15-4,16-5)17-6/h7-11H2,1-6H3. The molecule has 0 aliphatic carbocycles. The molecule has 0 radical (unpaired) electrons. The Hall–Kier alpha value is -0.273. The van der Waals surface area contributed by atoms with Gasteiger partial charge in [0.1, 0.15) is 0 Å². The third kappa shape index (κ3) is 7.23. The zero-order valence-corrected chi connectivity index (χ0v) is 13.7. The van der Waals surface area contributed by atoms with Crippen LogP contribution in [0.4, 0.5) is 0 Å². The summed E-state index contributed by atoms with van der Waals surface area (Å²) in [6.45, 7) is 3.93. The molecule has 0 unspecified atom stereocenters. The summed E-state index contributed by atoms with van der Waals surface area (Å²) < 4.78 is 16.1. The lowest BCUT2D eigenvalue weighted by Crippen LogP contribution is -2.42. The summed E-state index contributed by atoms with van der Waals surface area (Å²) in [5.41, 5.74) is 1.20. The van der Waals surface area contributed by atoms with E-state index in [1.807, 2.05) is 0 Å². The highest BCUT2D eigenvalue weighted by molar-refractivity contribution is 6.60. The molecule has 0 heterocycles. The summed E-state index contributed by atoms with van der Waals surface area (Å²) in [7, 11) is 6.67. The number of aliphatic imine (C=N–C) groups is 1. The fraction of sp³-hybridized carbons (Fsp3) is 0.917. The molecule has 0 saturated heterocycles. The lowest BCUT2D eigenvalue weighted by atomic mass is 10.3. The largest absolute Gasteiger partial charge is 0.500 e. The summed E-state index contributed by atoms with van der Waals surface area (Å²) in [5.74, 6) is 0. The Kier molecular flexibility index (Phi) is 9.48. The van der Waals surface area contributed by atoms with Crippen molar-refractivity contribution in [2.45, 2.75) is 25.8 Å². The number of nitrogens with zero attached hydrogens (tertiary/aromatic N) is 2. The first-order chi connectivity index (χ1) is 8.49. The highest BCUT2D eigenvalue weighted by Gasteiger charge is 2.36. The van der Waals surface area contributed by atoms with Crippen molar-refractivity contribution in [1.29, 1.82) is 0 Å². The fourth-order valence-electron chi connectivity index (χ4n) is 1.59. The second-order valence-electron chi connectivity index (χ2n) is 4.57. The van der Waals surface area contributed by atoms with E-state index in [0.717, 1.165) is 32.0 Å². The van der Waals surface area contributed by atoms with Crippen LogP contribution in [0.3, 0.4) is 0 Å². The second kappa shape index (κ2) is 9.63. The average Bonchev–Trinajstić information content (AvgIpc) is 2.37. The van der Waals surface area contributed by atoms with Crippen molar-refractivity contribution in [3.8, 4) is 0 Å². The molecule has 0 aliphatic rings. The van der Waals surface area contributed by atoms with Crippen molar-refractivity contribution in [3.05, 3.63) is 0 Å². The Morgan fingerprint density at radius 2 is 1.67 bits per heavy atom. The molecule has 0 atom stereocenters. The Morgan fingerprint density at radius 3 is 2.11 bits per heavy atom. The summed E-state index contributed by atoms with van der Waals surface area (Å²) in [4.78, 5) is 6.71. The molecule has 0 N–H and O–H groups in total. The van der Waals surface area contributed by atoms with Gasteiger partial charge in [-0.3, -0.25) is 4.99 Å². The maximum atomic E-state index is 5.36. The quantitative estimate of drug-likeness (QED) is 0.346. The van der Waals surface area contributed by atoms with Crippen molar-refractivity contribution in [2.75, 3.05) is 48.5 Å². The molecule has 0 saturated carbocycles. The van der Waals surface area contributed by atoms with Gasteiger partial charge in [0.25, 0.3) is 0 Å². The summed E-state index contributed by atoms with van der Waals surface area (Å²) in [5, 5.41) is 0. The molecular formula is C12H28N2O3Si. The highest BCUT2D eigenvalue weighted by Crippen LogP contribution is 2.14. The first-order valence-corrected chi connectivity index (χ1v) is 8.23. The molecule has 0 aromatic carbocycles. The predicted octanol–water partition coefficient (Wildman–Crippen LogP) is 1.67. The molecule has 0 spiro atoms.